The number of amides is 1. The van der Waals surface area contributed by atoms with E-state index in [1.54, 1.807) is 12.4 Å². The lowest BCUT2D eigenvalue weighted by molar-refractivity contribution is -0.120. The summed E-state index contributed by atoms with van der Waals surface area (Å²) >= 11 is 0. The number of carbonyl (C=O) groups is 1. The molecular formula is C11H12N4O3. The quantitative estimate of drug-likeness (QED) is 0.571. The van der Waals surface area contributed by atoms with Gasteiger partial charge in [-0.3, -0.25) is 14.6 Å². The molecule has 2 rings (SSSR count). The minimum Gasteiger partial charge on any atom is -0.367 e. The first kappa shape index (κ1) is 11.9. The van der Waals surface area contributed by atoms with Gasteiger partial charge in [0.25, 0.3) is 5.56 Å². The van der Waals surface area contributed by atoms with Crippen molar-refractivity contribution in [2.45, 2.75) is 13.0 Å². The third-order valence-corrected chi connectivity index (χ3v) is 2.32. The Kier molecular flexibility index (Phi) is 3.42. The van der Waals surface area contributed by atoms with Crippen LogP contribution < -0.4 is 16.6 Å². The first-order valence-corrected chi connectivity index (χ1v) is 5.34. The maximum Gasteiger partial charge on any atom is 0.325 e. The molecule has 2 aromatic rings. The fraction of sp³-hybridized carbons (Fsp3) is 0.182. The van der Waals surface area contributed by atoms with Gasteiger partial charge < -0.3 is 15.3 Å². The number of hydrogen-bond acceptors (Lipinski definition) is 3. The highest BCUT2D eigenvalue weighted by Gasteiger charge is 2.05. The molecule has 1 amide bonds. The van der Waals surface area contributed by atoms with Crippen LogP contribution in [0.2, 0.25) is 0 Å². The van der Waals surface area contributed by atoms with Crippen LogP contribution in [0.25, 0.3) is 0 Å². The van der Waals surface area contributed by atoms with E-state index in [1.807, 2.05) is 11.1 Å². The summed E-state index contributed by atoms with van der Waals surface area (Å²) < 4.78 is 0. The zero-order valence-corrected chi connectivity index (χ0v) is 9.45. The van der Waals surface area contributed by atoms with Gasteiger partial charge >= 0.3 is 5.69 Å². The Hall–Kier alpha value is -2.57. The summed E-state index contributed by atoms with van der Waals surface area (Å²) in [6, 6.07) is 3.03. The Morgan fingerprint density at radius 2 is 2.11 bits per heavy atom. The Morgan fingerprint density at radius 3 is 2.78 bits per heavy atom. The number of hydrogen-bond donors (Lipinski definition) is 4. The van der Waals surface area contributed by atoms with E-state index in [0.29, 0.717) is 6.54 Å². The molecule has 2 aromatic heterocycles. The molecule has 4 N–H and O–H groups in total. The van der Waals surface area contributed by atoms with Crippen molar-refractivity contribution in [3.8, 4) is 0 Å². The molecule has 0 saturated carbocycles. The van der Waals surface area contributed by atoms with Gasteiger partial charge in [0.2, 0.25) is 5.91 Å². The number of aromatic amines is 3. The lowest BCUT2D eigenvalue weighted by atomic mass is 10.2. The van der Waals surface area contributed by atoms with Gasteiger partial charge in [0, 0.05) is 30.7 Å². The van der Waals surface area contributed by atoms with Crippen molar-refractivity contribution in [1.29, 1.82) is 0 Å². The topological polar surface area (TPSA) is 111 Å². The minimum atomic E-state index is -0.615. The highest BCUT2D eigenvalue weighted by atomic mass is 16.2. The van der Waals surface area contributed by atoms with Crippen LogP contribution in [0.15, 0.2) is 34.1 Å². The van der Waals surface area contributed by atoms with Gasteiger partial charge in [0.1, 0.15) is 0 Å². The lowest BCUT2D eigenvalue weighted by Gasteiger charge is -2.03. The predicted octanol–water partition coefficient (Wildman–Crippen LogP) is -0.750. The van der Waals surface area contributed by atoms with E-state index in [1.165, 1.54) is 6.07 Å². The van der Waals surface area contributed by atoms with Gasteiger partial charge in [0.05, 0.1) is 6.42 Å². The van der Waals surface area contributed by atoms with Crippen molar-refractivity contribution >= 4 is 5.91 Å². The highest BCUT2D eigenvalue weighted by molar-refractivity contribution is 5.77. The maximum atomic E-state index is 11.6. The molecular weight excluding hydrogens is 236 g/mol. The van der Waals surface area contributed by atoms with Gasteiger partial charge in [0.15, 0.2) is 0 Å². The molecule has 7 nitrogen and oxygen atoms in total. The Labute approximate surface area is 101 Å². The minimum absolute atomic E-state index is 0.0381. The SMILES string of the molecule is O=C(Cc1cc(=O)[nH]c(=O)[nH]1)NCc1cc[nH]c1. The van der Waals surface area contributed by atoms with Crippen LogP contribution in [0.4, 0.5) is 0 Å². The average molecular weight is 248 g/mol. The Balaban J connectivity index is 1.94. The standard InChI is InChI=1S/C11H12N4O3/c16-9(13-6-7-1-2-12-5-7)3-8-4-10(17)15-11(18)14-8/h1-2,4-5,12H,3,6H2,(H,13,16)(H2,14,15,17,18). The fourth-order valence-corrected chi connectivity index (χ4v) is 1.52. The van der Waals surface area contributed by atoms with E-state index in [9.17, 15) is 14.4 Å². The normalized spacial score (nSPS) is 10.2. The van der Waals surface area contributed by atoms with Crippen molar-refractivity contribution < 1.29 is 4.79 Å². The molecule has 0 radical (unpaired) electrons. The van der Waals surface area contributed by atoms with E-state index >= 15 is 0 Å². The second-order valence-corrected chi connectivity index (χ2v) is 3.79. The summed E-state index contributed by atoms with van der Waals surface area (Å²) in [4.78, 5) is 40.9. The van der Waals surface area contributed by atoms with E-state index in [-0.39, 0.29) is 18.0 Å². The van der Waals surface area contributed by atoms with Crippen molar-refractivity contribution in [1.82, 2.24) is 20.3 Å². The summed E-state index contributed by atoms with van der Waals surface area (Å²) in [5.41, 5.74) is 0.0983. The molecule has 94 valence electrons. The Morgan fingerprint density at radius 1 is 1.28 bits per heavy atom. The van der Waals surface area contributed by atoms with Crippen molar-refractivity contribution in [2.24, 2.45) is 0 Å². The molecule has 2 heterocycles. The molecule has 0 aliphatic carbocycles. The van der Waals surface area contributed by atoms with Crippen LogP contribution in [0.1, 0.15) is 11.3 Å². The van der Waals surface area contributed by atoms with Gasteiger partial charge in [-0.15, -0.1) is 0 Å². The summed E-state index contributed by atoms with van der Waals surface area (Å²) in [5.74, 6) is -0.266. The molecule has 0 fully saturated rings. The van der Waals surface area contributed by atoms with E-state index in [2.05, 4.69) is 15.3 Å². The molecule has 0 spiro atoms. The first-order chi connectivity index (χ1) is 8.63. The third kappa shape index (κ3) is 3.21. The van der Waals surface area contributed by atoms with Crippen LogP contribution in [0.5, 0.6) is 0 Å². The van der Waals surface area contributed by atoms with Crippen LogP contribution >= 0.6 is 0 Å². The zero-order valence-electron chi connectivity index (χ0n) is 9.45. The van der Waals surface area contributed by atoms with Gasteiger partial charge in [-0.1, -0.05) is 0 Å². The number of nitrogens with one attached hydrogen (secondary N) is 4. The van der Waals surface area contributed by atoms with Crippen molar-refractivity contribution in [3.63, 3.8) is 0 Å². The van der Waals surface area contributed by atoms with Crippen LogP contribution in [-0.4, -0.2) is 20.9 Å². The first-order valence-electron chi connectivity index (χ1n) is 5.34. The monoisotopic (exact) mass is 248 g/mol. The van der Waals surface area contributed by atoms with E-state index in [4.69, 9.17) is 0 Å². The van der Waals surface area contributed by atoms with Crippen LogP contribution in [0.3, 0.4) is 0 Å². The fourth-order valence-electron chi connectivity index (χ4n) is 1.52. The summed E-state index contributed by atoms with van der Waals surface area (Å²) in [6.07, 6.45) is 3.49. The zero-order chi connectivity index (χ0) is 13.0. The number of aromatic nitrogens is 3. The maximum absolute atomic E-state index is 11.6. The third-order valence-electron chi connectivity index (χ3n) is 2.32. The highest BCUT2D eigenvalue weighted by Crippen LogP contribution is 1.95. The molecule has 7 heteroatoms. The van der Waals surface area contributed by atoms with Crippen LogP contribution in [0, 0.1) is 0 Å². The smallest absolute Gasteiger partial charge is 0.325 e. The van der Waals surface area contributed by atoms with Gasteiger partial charge in [-0.05, 0) is 11.6 Å². The lowest BCUT2D eigenvalue weighted by Crippen LogP contribution is -2.28. The van der Waals surface area contributed by atoms with Crippen molar-refractivity contribution in [3.05, 3.63) is 56.6 Å². The molecule has 0 bridgehead atoms. The van der Waals surface area contributed by atoms with Crippen molar-refractivity contribution in [2.75, 3.05) is 0 Å². The van der Waals surface area contributed by atoms with E-state index < -0.39 is 11.2 Å². The second kappa shape index (κ2) is 5.17. The summed E-state index contributed by atoms with van der Waals surface area (Å²) in [7, 11) is 0. The summed E-state index contributed by atoms with van der Waals surface area (Å²) in [6.45, 7) is 0.399. The number of rotatable bonds is 4. The number of H-pyrrole nitrogens is 3. The summed E-state index contributed by atoms with van der Waals surface area (Å²) in [5, 5.41) is 2.68. The molecule has 0 saturated heterocycles. The van der Waals surface area contributed by atoms with Gasteiger partial charge in [-0.25, -0.2) is 4.79 Å². The molecule has 0 atom stereocenters. The molecule has 0 aromatic carbocycles. The van der Waals surface area contributed by atoms with Gasteiger partial charge in [-0.2, -0.15) is 0 Å². The molecule has 0 unspecified atom stereocenters. The Bertz CT molecular complexity index is 611. The predicted molar refractivity (Wildman–Crippen MR) is 64.0 cm³/mol. The van der Waals surface area contributed by atoms with E-state index in [0.717, 1.165) is 5.56 Å². The molecule has 0 aliphatic heterocycles. The second-order valence-electron chi connectivity index (χ2n) is 3.79. The largest absolute Gasteiger partial charge is 0.367 e. The average Bonchev–Trinajstić information content (AvgIpc) is 2.77. The molecule has 18 heavy (non-hydrogen) atoms. The number of carbonyl (C=O) groups excluding carboxylic acids is 1. The molecule has 0 aliphatic rings. The van der Waals surface area contributed by atoms with Crippen LogP contribution in [-0.2, 0) is 17.8 Å².